The van der Waals surface area contributed by atoms with E-state index < -0.39 is 5.60 Å². The van der Waals surface area contributed by atoms with Gasteiger partial charge < -0.3 is 5.11 Å². The molecule has 0 radical (unpaired) electrons. The van der Waals surface area contributed by atoms with Crippen molar-refractivity contribution in [2.75, 3.05) is 11.5 Å². The molecule has 1 saturated heterocycles. The van der Waals surface area contributed by atoms with Gasteiger partial charge >= 0.3 is 0 Å². The number of hydrogen-bond donors (Lipinski definition) is 1. The van der Waals surface area contributed by atoms with Crippen LogP contribution in [-0.4, -0.2) is 16.6 Å². The molecule has 0 aliphatic carbocycles. The highest BCUT2D eigenvalue weighted by atomic mass is 32.2. The summed E-state index contributed by atoms with van der Waals surface area (Å²) in [6.07, 6.45) is 0.891. The van der Waals surface area contributed by atoms with Crippen LogP contribution in [0.25, 0.3) is 0 Å². The molecule has 1 N–H and O–H groups in total. The average molecular weight is 222 g/mol. The van der Waals surface area contributed by atoms with Crippen molar-refractivity contribution >= 4 is 11.8 Å². The van der Waals surface area contributed by atoms with Gasteiger partial charge in [0.2, 0.25) is 0 Å². The van der Waals surface area contributed by atoms with Crippen molar-refractivity contribution in [1.82, 2.24) is 0 Å². The Kier molecular flexibility index (Phi) is 2.82. The molecule has 1 aliphatic heterocycles. The molecule has 0 saturated carbocycles. The van der Waals surface area contributed by atoms with Gasteiger partial charge in [0.25, 0.3) is 0 Å². The van der Waals surface area contributed by atoms with Crippen LogP contribution in [-0.2, 0) is 5.60 Å². The van der Waals surface area contributed by atoms with E-state index in [1.54, 1.807) is 0 Å². The molecule has 0 amide bonds. The lowest BCUT2D eigenvalue weighted by Gasteiger charge is -2.26. The molecule has 1 fully saturated rings. The maximum atomic E-state index is 10.6. The molecule has 1 atom stereocenters. The molecule has 15 heavy (non-hydrogen) atoms. The zero-order chi connectivity index (χ0) is 11.1. The van der Waals surface area contributed by atoms with Crippen LogP contribution < -0.4 is 0 Å². The van der Waals surface area contributed by atoms with E-state index in [-0.39, 0.29) is 0 Å². The number of thioether (sulfide) groups is 1. The Balaban J connectivity index is 2.52. The monoisotopic (exact) mass is 222 g/mol. The fraction of sp³-hybridized carbons (Fsp3) is 0.538. The molecule has 0 aromatic heterocycles. The Bertz CT molecular complexity index is 355. The lowest BCUT2D eigenvalue weighted by molar-refractivity contribution is 0.0644. The summed E-state index contributed by atoms with van der Waals surface area (Å²) in [5, 5.41) is 10.6. The van der Waals surface area contributed by atoms with Crippen molar-refractivity contribution < 1.29 is 5.11 Å². The lowest BCUT2D eigenvalue weighted by atomic mass is 9.85. The molecular weight excluding hydrogens is 204 g/mol. The molecule has 0 bridgehead atoms. The molecule has 82 valence electrons. The van der Waals surface area contributed by atoms with Gasteiger partial charge in [-0.05, 0) is 49.6 Å². The van der Waals surface area contributed by atoms with E-state index in [2.05, 4.69) is 32.9 Å². The minimum Gasteiger partial charge on any atom is -0.384 e. The highest BCUT2D eigenvalue weighted by molar-refractivity contribution is 7.99. The van der Waals surface area contributed by atoms with Crippen molar-refractivity contribution in [3.63, 3.8) is 0 Å². The molecule has 1 aliphatic rings. The molecule has 1 aromatic carbocycles. The average Bonchev–Trinajstić information content (AvgIpc) is 2.50. The van der Waals surface area contributed by atoms with E-state index in [0.29, 0.717) is 0 Å². The van der Waals surface area contributed by atoms with Crippen LogP contribution in [0.2, 0.25) is 0 Å². The van der Waals surface area contributed by atoms with Gasteiger partial charge in [-0.3, -0.25) is 0 Å². The Morgan fingerprint density at radius 1 is 1.20 bits per heavy atom. The second-order valence-electron chi connectivity index (χ2n) is 4.61. The molecule has 1 nitrogen and oxygen atoms in total. The van der Waals surface area contributed by atoms with Gasteiger partial charge in [-0.2, -0.15) is 11.8 Å². The van der Waals surface area contributed by atoms with Gasteiger partial charge in [0, 0.05) is 5.75 Å². The first kappa shape index (κ1) is 11.0. The SMILES string of the molecule is Cc1cc(C)c(C2(O)CCSC2)c(C)c1. The first-order valence-electron chi connectivity index (χ1n) is 5.41. The van der Waals surface area contributed by atoms with E-state index in [4.69, 9.17) is 0 Å². The highest BCUT2D eigenvalue weighted by Crippen LogP contribution is 2.39. The second kappa shape index (κ2) is 3.84. The quantitative estimate of drug-likeness (QED) is 0.788. The summed E-state index contributed by atoms with van der Waals surface area (Å²) in [6, 6.07) is 4.34. The summed E-state index contributed by atoms with van der Waals surface area (Å²) in [4.78, 5) is 0. The summed E-state index contributed by atoms with van der Waals surface area (Å²) in [5.41, 5.74) is 4.34. The zero-order valence-electron chi connectivity index (χ0n) is 9.63. The maximum Gasteiger partial charge on any atom is 0.0999 e. The van der Waals surface area contributed by atoms with Gasteiger partial charge in [-0.15, -0.1) is 0 Å². The number of aliphatic hydroxyl groups is 1. The predicted molar refractivity (Wildman–Crippen MR) is 66.5 cm³/mol. The molecule has 1 unspecified atom stereocenters. The van der Waals surface area contributed by atoms with E-state index in [1.165, 1.54) is 16.7 Å². The van der Waals surface area contributed by atoms with Gasteiger partial charge in [0.1, 0.15) is 0 Å². The third kappa shape index (κ3) is 1.93. The van der Waals surface area contributed by atoms with E-state index in [0.717, 1.165) is 23.5 Å². The predicted octanol–water partition coefficient (Wildman–Crippen LogP) is 2.94. The van der Waals surface area contributed by atoms with Gasteiger partial charge in [-0.1, -0.05) is 17.7 Å². The summed E-state index contributed by atoms with van der Waals surface area (Å²) in [7, 11) is 0. The second-order valence-corrected chi connectivity index (χ2v) is 5.71. The van der Waals surface area contributed by atoms with Gasteiger partial charge in [-0.25, -0.2) is 0 Å². The van der Waals surface area contributed by atoms with Crippen LogP contribution >= 0.6 is 11.8 Å². The standard InChI is InChI=1S/C13H18OS/c1-9-6-10(2)12(11(3)7-9)13(14)4-5-15-8-13/h6-7,14H,4-5,8H2,1-3H3. The van der Waals surface area contributed by atoms with Crippen molar-refractivity contribution in [3.05, 3.63) is 34.4 Å². The topological polar surface area (TPSA) is 20.2 Å². The number of aryl methyl sites for hydroxylation is 3. The van der Waals surface area contributed by atoms with Gasteiger partial charge in [0.05, 0.1) is 5.60 Å². The van der Waals surface area contributed by atoms with E-state index in [1.807, 2.05) is 11.8 Å². The molecule has 2 rings (SSSR count). The Morgan fingerprint density at radius 3 is 2.27 bits per heavy atom. The molecule has 1 heterocycles. The smallest absolute Gasteiger partial charge is 0.0999 e. The zero-order valence-corrected chi connectivity index (χ0v) is 10.4. The van der Waals surface area contributed by atoms with Crippen LogP contribution in [0.5, 0.6) is 0 Å². The first-order valence-corrected chi connectivity index (χ1v) is 6.57. The molecular formula is C13H18OS. The fourth-order valence-corrected chi connectivity index (χ4v) is 3.92. The van der Waals surface area contributed by atoms with Crippen molar-refractivity contribution in [2.24, 2.45) is 0 Å². The number of rotatable bonds is 1. The van der Waals surface area contributed by atoms with Crippen LogP contribution in [0.15, 0.2) is 12.1 Å². The largest absolute Gasteiger partial charge is 0.384 e. The van der Waals surface area contributed by atoms with Crippen LogP contribution in [0.3, 0.4) is 0 Å². The summed E-state index contributed by atoms with van der Waals surface area (Å²) in [6.45, 7) is 6.32. The summed E-state index contributed by atoms with van der Waals surface area (Å²) < 4.78 is 0. The molecule has 2 heteroatoms. The van der Waals surface area contributed by atoms with Crippen LogP contribution in [0.1, 0.15) is 28.7 Å². The highest BCUT2D eigenvalue weighted by Gasteiger charge is 2.35. The Labute approximate surface area is 95.9 Å². The number of benzene rings is 1. The number of hydrogen-bond acceptors (Lipinski definition) is 2. The normalized spacial score (nSPS) is 25.9. The summed E-state index contributed by atoms with van der Waals surface area (Å²) >= 11 is 1.85. The van der Waals surface area contributed by atoms with Crippen molar-refractivity contribution in [2.45, 2.75) is 32.8 Å². The van der Waals surface area contributed by atoms with Gasteiger partial charge in [0.15, 0.2) is 0 Å². The molecule has 0 spiro atoms. The maximum absolute atomic E-state index is 10.6. The Hall–Kier alpha value is -0.470. The Morgan fingerprint density at radius 2 is 1.80 bits per heavy atom. The van der Waals surface area contributed by atoms with Crippen LogP contribution in [0, 0.1) is 20.8 Å². The molecule has 1 aromatic rings. The van der Waals surface area contributed by atoms with E-state index >= 15 is 0 Å². The van der Waals surface area contributed by atoms with Crippen molar-refractivity contribution in [1.29, 1.82) is 0 Å². The minimum atomic E-state index is -0.577. The first-order chi connectivity index (χ1) is 7.03. The fourth-order valence-electron chi connectivity index (χ4n) is 2.67. The third-order valence-corrected chi connectivity index (χ3v) is 4.32. The summed E-state index contributed by atoms with van der Waals surface area (Å²) in [5.74, 6) is 1.92. The lowest BCUT2D eigenvalue weighted by Crippen LogP contribution is -2.27. The third-order valence-electron chi connectivity index (χ3n) is 3.14. The van der Waals surface area contributed by atoms with Crippen molar-refractivity contribution in [3.8, 4) is 0 Å². The van der Waals surface area contributed by atoms with Crippen LogP contribution in [0.4, 0.5) is 0 Å². The minimum absolute atomic E-state index is 0.577. The van der Waals surface area contributed by atoms with E-state index in [9.17, 15) is 5.11 Å².